The van der Waals surface area contributed by atoms with Gasteiger partial charge in [-0.25, -0.2) is 4.79 Å². The molecule has 0 unspecified atom stereocenters. The third-order valence-electron chi connectivity index (χ3n) is 4.39. The van der Waals surface area contributed by atoms with Gasteiger partial charge in [0.15, 0.2) is 0 Å². The quantitative estimate of drug-likeness (QED) is 0.530. The van der Waals surface area contributed by atoms with Crippen LogP contribution in [0.25, 0.3) is 11.1 Å². The average Bonchev–Trinajstić information content (AvgIpc) is 2.70. The van der Waals surface area contributed by atoms with Crippen molar-refractivity contribution in [3.8, 4) is 11.1 Å². The highest BCUT2D eigenvalue weighted by Gasteiger charge is 2.21. The van der Waals surface area contributed by atoms with E-state index in [0.717, 1.165) is 36.8 Å². The molecule has 0 saturated carbocycles. The summed E-state index contributed by atoms with van der Waals surface area (Å²) in [5, 5.41) is 2.81. The first-order valence-corrected chi connectivity index (χ1v) is 9.20. The van der Waals surface area contributed by atoms with Gasteiger partial charge in [0.1, 0.15) is 6.04 Å². The number of benzene rings is 2. The topological polar surface area (TPSA) is 55.4 Å². The van der Waals surface area contributed by atoms with Crippen molar-refractivity contribution in [2.75, 3.05) is 7.11 Å². The zero-order chi connectivity index (χ0) is 18.8. The summed E-state index contributed by atoms with van der Waals surface area (Å²) < 4.78 is 4.83. The van der Waals surface area contributed by atoms with Crippen molar-refractivity contribution < 1.29 is 14.3 Å². The van der Waals surface area contributed by atoms with Crippen molar-refractivity contribution in [3.05, 3.63) is 60.2 Å². The Morgan fingerprint density at radius 1 is 0.923 bits per heavy atom. The van der Waals surface area contributed by atoms with Gasteiger partial charge in [0.05, 0.1) is 7.11 Å². The number of carbonyl (C=O) groups is 2. The predicted molar refractivity (Wildman–Crippen MR) is 104 cm³/mol. The zero-order valence-electron chi connectivity index (χ0n) is 15.5. The molecule has 2 aromatic carbocycles. The van der Waals surface area contributed by atoms with Crippen LogP contribution in [0.15, 0.2) is 54.6 Å². The van der Waals surface area contributed by atoms with Crippen LogP contribution in [0.1, 0.15) is 49.4 Å². The van der Waals surface area contributed by atoms with Gasteiger partial charge < -0.3 is 10.1 Å². The Hall–Kier alpha value is -2.62. The number of nitrogens with one attached hydrogen (secondary N) is 1. The lowest BCUT2D eigenvalue weighted by Crippen LogP contribution is -2.41. The van der Waals surface area contributed by atoms with Crippen LogP contribution < -0.4 is 5.32 Å². The van der Waals surface area contributed by atoms with Crippen molar-refractivity contribution in [1.29, 1.82) is 0 Å². The SMILES string of the molecule is CCCCCC[C@H](NC(=O)c1ccc(-c2ccccc2)cc1)C(=O)OC. The van der Waals surface area contributed by atoms with Gasteiger partial charge in [-0.05, 0) is 29.7 Å². The Kier molecular flexibility index (Phi) is 7.87. The minimum absolute atomic E-state index is 0.254. The number of rotatable bonds is 9. The molecule has 4 heteroatoms. The van der Waals surface area contributed by atoms with Crippen LogP contribution >= 0.6 is 0 Å². The fourth-order valence-corrected chi connectivity index (χ4v) is 2.85. The summed E-state index contributed by atoms with van der Waals surface area (Å²) in [5.41, 5.74) is 2.68. The number of esters is 1. The van der Waals surface area contributed by atoms with Gasteiger partial charge in [-0.15, -0.1) is 0 Å². The summed E-state index contributed by atoms with van der Waals surface area (Å²) in [6.45, 7) is 2.14. The third kappa shape index (κ3) is 5.73. The maximum absolute atomic E-state index is 12.5. The first kappa shape index (κ1) is 19.7. The van der Waals surface area contributed by atoms with E-state index in [2.05, 4.69) is 12.2 Å². The lowest BCUT2D eigenvalue weighted by molar-refractivity contribution is -0.143. The lowest BCUT2D eigenvalue weighted by atomic mass is 10.0. The summed E-state index contributed by atoms with van der Waals surface area (Å²) in [4.78, 5) is 24.4. The molecule has 1 atom stereocenters. The van der Waals surface area contributed by atoms with Crippen molar-refractivity contribution in [3.63, 3.8) is 0 Å². The summed E-state index contributed by atoms with van der Waals surface area (Å²) >= 11 is 0. The van der Waals surface area contributed by atoms with E-state index >= 15 is 0 Å². The summed E-state index contributed by atoms with van der Waals surface area (Å²) in [7, 11) is 1.35. The molecule has 0 spiro atoms. The minimum Gasteiger partial charge on any atom is -0.467 e. The number of amides is 1. The molecular weight excluding hydrogens is 326 g/mol. The van der Waals surface area contributed by atoms with Gasteiger partial charge in [0.25, 0.3) is 5.91 Å². The van der Waals surface area contributed by atoms with Crippen molar-refractivity contribution >= 4 is 11.9 Å². The average molecular weight is 353 g/mol. The van der Waals surface area contributed by atoms with E-state index in [0.29, 0.717) is 12.0 Å². The number of methoxy groups -OCH3 is 1. The van der Waals surface area contributed by atoms with Crippen LogP contribution in [-0.4, -0.2) is 25.0 Å². The van der Waals surface area contributed by atoms with Crippen molar-refractivity contribution in [1.82, 2.24) is 5.32 Å². The van der Waals surface area contributed by atoms with Gasteiger partial charge in [0, 0.05) is 5.56 Å². The molecule has 0 heterocycles. The summed E-state index contributed by atoms with van der Waals surface area (Å²) in [5.74, 6) is -0.647. The third-order valence-corrected chi connectivity index (χ3v) is 4.39. The molecule has 2 rings (SSSR count). The molecule has 0 saturated heterocycles. The standard InChI is InChI=1S/C22H27NO3/c1-3-4-5-9-12-20(22(25)26-2)23-21(24)19-15-13-18(14-16-19)17-10-7-6-8-11-17/h6-8,10-11,13-16,20H,3-5,9,12H2,1-2H3,(H,23,24)/t20-/m0/s1. The number of ether oxygens (including phenoxy) is 1. The first-order chi connectivity index (χ1) is 12.7. The molecule has 138 valence electrons. The second-order valence-corrected chi connectivity index (χ2v) is 6.34. The highest BCUT2D eigenvalue weighted by atomic mass is 16.5. The van der Waals surface area contributed by atoms with Gasteiger partial charge in [-0.1, -0.05) is 75.1 Å². The molecule has 4 nitrogen and oxygen atoms in total. The van der Waals surface area contributed by atoms with Crippen LogP contribution in [-0.2, 0) is 9.53 Å². The predicted octanol–water partition coefficient (Wildman–Crippen LogP) is 4.60. The summed E-state index contributed by atoms with van der Waals surface area (Å²) in [6.07, 6.45) is 4.79. The Morgan fingerprint density at radius 2 is 1.58 bits per heavy atom. The Morgan fingerprint density at radius 3 is 2.19 bits per heavy atom. The van der Waals surface area contributed by atoms with Gasteiger partial charge in [-0.2, -0.15) is 0 Å². The van der Waals surface area contributed by atoms with E-state index in [1.165, 1.54) is 7.11 Å². The number of hydrogen-bond acceptors (Lipinski definition) is 3. The van der Waals surface area contributed by atoms with E-state index in [-0.39, 0.29) is 5.91 Å². The molecule has 0 fully saturated rings. The molecule has 0 aromatic heterocycles. The zero-order valence-corrected chi connectivity index (χ0v) is 15.5. The van der Waals surface area contributed by atoms with Crippen LogP contribution in [0.4, 0.5) is 0 Å². The Bertz CT molecular complexity index is 695. The highest BCUT2D eigenvalue weighted by molar-refractivity contribution is 5.97. The minimum atomic E-state index is -0.599. The number of hydrogen-bond donors (Lipinski definition) is 1. The Balaban J connectivity index is 2.00. The lowest BCUT2D eigenvalue weighted by Gasteiger charge is -2.16. The first-order valence-electron chi connectivity index (χ1n) is 9.20. The second kappa shape index (κ2) is 10.4. The van der Waals surface area contributed by atoms with Gasteiger partial charge in [-0.3, -0.25) is 4.79 Å². The number of carbonyl (C=O) groups excluding carboxylic acids is 2. The molecular formula is C22H27NO3. The van der Waals surface area contributed by atoms with Crippen LogP contribution in [0.5, 0.6) is 0 Å². The number of unbranched alkanes of at least 4 members (excludes halogenated alkanes) is 3. The fourth-order valence-electron chi connectivity index (χ4n) is 2.85. The molecule has 1 N–H and O–H groups in total. The van der Waals surface area contributed by atoms with Crippen LogP contribution in [0.3, 0.4) is 0 Å². The Labute approximate surface area is 155 Å². The molecule has 1 amide bonds. The van der Waals surface area contributed by atoms with Gasteiger partial charge >= 0.3 is 5.97 Å². The largest absolute Gasteiger partial charge is 0.467 e. The summed E-state index contributed by atoms with van der Waals surface area (Å²) in [6, 6.07) is 16.8. The van der Waals surface area contributed by atoms with Crippen LogP contribution in [0.2, 0.25) is 0 Å². The van der Waals surface area contributed by atoms with E-state index in [1.54, 1.807) is 12.1 Å². The maximum Gasteiger partial charge on any atom is 0.328 e. The fraction of sp³-hybridized carbons (Fsp3) is 0.364. The molecule has 26 heavy (non-hydrogen) atoms. The second-order valence-electron chi connectivity index (χ2n) is 6.34. The molecule has 0 radical (unpaired) electrons. The van der Waals surface area contributed by atoms with E-state index in [4.69, 9.17) is 4.74 Å². The molecule has 2 aromatic rings. The molecule has 0 bridgehead atoms. The van der Waals surface area contributed by atoms with Gasteiger partial charge in [0.2, 0.25) is 0 Å². The van der Waals surface area contributed by atoms with Crippen molar-refractivity contribution in [2.24, 2.45) is 0 Å². The van der Waals surface area contributed by atoms with E-state index in [9.17, 15) is 9.59 Å². The van der Waals surface area contributed by atoms with E-state index < -0.39 is 12.0 Å². The normalized spacial score (nSPS) is 11.6. The van der Waals surface area contributed by atoms with E-state index in [1.807, 2.05) is 42.5 Å². The monoisotopic (exact) mass is 353 g/mol. The van der Waals surface area contributed by atoms with Crippen LogP contribution in [0, 0.1) is 0 Å². The molecule has 0 aliphatic rings. The molecule has 0 aliphatic heterocycles. The maximum atomic E-state index is 12.5. The van der Waals surface area contributed by atoms with Crippen molar-refractivity contribution in [2.45, 2.75) is 45.1 Å². The smallest absolute Gasteiger partial charge is 0.328 e. The highest BCUT2D eigenvalue weighted by Crippen LogP contribution is 2.19. The molecule has 0 aliphatic carbocycles.